The van der Waals surface area contributed by atoms with Gasteiger partial charge in [0.2, 0.25) is 11.8 Å². The number of carbonyl (C=O) groups is 2. The Kier molecular flexibility index (Phi) is 9.47. The molecule has 0 saturated carbocycles. The molecule has 7 nitrogen and oxygen atoms in total. The maximum Gasteiger partial charge on any atom is 0.234 e. The highest BCUT2D eigenvalue weighted by molar-refractivity contribution is 5.87. The van der Waals surface area contributed by atoms with Gasteiger partial charge in [0.25, 0.3) is 0 Å². The van der Waals surface area contributed by atoms with Crippen LogP contribution in [0, 0.1) is 0 Å². The largest absolute Gasteiger partial charge is 0.492 e. The van der Waals surface area contributed by atoms with Crippen LogP contribution in [-0.4, -0.2) is 85.5 Å². The highest BCUT2D eigenvalue weighted by Crippen LogP contribution is 2.27. The third-order valence-electron chi connectivity index (χ3n) is 7.84. The maximum absolute atomic E-state index is 13.7. The molecule has 1 atom stereocenters. The molecule has 210 valence electrons. The quantitative estimate of drug-likeness (QED) is 0.401. The van der Waals surface area contributed by atoms with Crippen LogP contribution in [0.25, 0.3) is 0 Å². The van der Waals surface area contributed by atoms with Crippen molar-refractivity contribution in [3.63, 3.8) is 0 Å². The number of carbonyl (C=O) groups excluding carboxylic acids is 2. The lowest BCUT2D eigenvalue weighted by atomic mass is 9.90. The van der Waals surface area contributed by atoms with E-state index in [2.05, 4.69) is 34.3 Å². The number of likely N-dealkylation sites (N-methyl/N-ethyl adjacent to an activating group) is 1. The number of hydrogen-bond donors (Lipinski definition) is 1. The van der Waals surface area contributed by atoms with E-state index < -0.39 is 0 Å². The van der Waals surface area contributed by atoms with E-state index in [-0.39, 0.29) is 23.8 Å². The van der Waals surface area contributed by atoms with Crippen molar-refractivity contribution in [3.05, 3.63) is 102 Å². The summed E-state index contributed by atoms with van der Waals surface area (Å²) < 4.78 is 6.11. The van der Waals surface area contributed by atoms with Gasteiger partial charge in [-0.15, -0.1) is 0 Å². The summed E-state index contributed by atoms with van der Waals surface area (Å²) in [6.07, 6.45) is 1.55. The minimum atomic E-state index is -0.277. The maximum atomic E-state index is 13.7. The van der Waals surface area contributed by atoms with Gasteiger partial charge in [-0.3, -0.25) is 14.5 Å². The van der Waals surface area contributed by atoms with Crippen molar-refractivity contribution in [3.8, 4) is 5.75 Å². The van der Waals surface area contributed by atoms with Crippen LogP contribution in [0.1, 0.15) is 35.4 Å². The van der Waals surface area contributed by atoms with Crippen LogP contribution in [0.2, 0.25) is 0 Å². The number of ether oxygens (including phenoxy) is 1. The Labute approximate surface area is 237 Å². The molecule has 2 saturated heterocycles. The average molecular weight is 541 g/mol. The molecule has 1 N–H and O–H groups in total. The second kappa shape index (κ2) is 13.6. The van der Waals surface area contributed by atoms with Crippen LogP contribution >= 0.6 is 0 Å². The zero-order chi connectivity index (χ0) is 27.7. The standard InChI is InChI=1S/C33H40N4O3/c1-35(25-29-15-16-31(38)34-29)24-26-9-8-14-30(23-26)40-22-21-36-17-19-37(20-18-36)33(39)32(27-10-4-2-5-11-27)28-12-6-3-7-13-28/h2-14,23,29,32H,15-22,24-25H2,1H3,(H,34,38). The fourth-order valence-electron chi connectivity index (χ4n) is 5.74. The number of piperazine rings is 1. The summed E-state index contributed by atoms with van der Waals surface area (Å²) in [5.74, 6) is 0.929. The van der Waals surface area contributed by atoms with E-state index in [0.717, 1.165) is 69.1 Å². The third-order valence-corrected chi connectivity index (χ3v) is 7.84. The SMILES string of the molecule is CN(Cc1cccc(OCCN2CCN(C(=O)C(c3ccccc3)c3ccccc3)CC2)c1)CC1CCC(=O)N1. The number of benzene rings is 3. The van der Waals surface area contributed by atoms with Crippen molar-refractivity contribution < 1.29 is 14.3 Å². The minimum absolute atomic E-state index is 0.158. The smallest absolute Gasteiger partial charge is 0.234 e. The lowest BCUT2D eigenvalue weighted by molar-refractivity contribution is -0.133. The number of rotatable bonds is 11. The Bertz CT molecular complexity index is 1210. The topological polar surface area (TPSA) is 65.1 Å². The van der Waals surface area contributed by atoms with E-state index in [4.69, 9.17) is 4.74 Å². The highest BCUT2D eigenvalue weighted by atomic mass is 16.5. The molecular formula is C33H40N4O3. The van der Waals surface area contributed by atoms with Gasteiger partial charge in [0.15, 0.2) is 0 Å². The average Bonchev–Trinajstić information content (AvgIpc) is 3.39. The zero-order valence-corrected chi connectivity index (χ0v) is 23.4. The van der Waals surface area contributed by atoms with Crippen molar-refractivity contribution in [2.45, 2.75) is 31.3 Å². The summed E-state index contributed by atoms with van der Waals surface area (Å²) in [5.41, 5.74) is 3.27. The summed E-state index contributed by atoms with van der Waals surface area (Å²) in [4.78, 5) is 31.8. The first-order valence-corrected chi connectivity index (χ1v) is 14.4. The molecule has 3 aromatic carbocycles. The van der Waals surface area contributed by atoms with Crippen molar-refractivity contribution in [2.75, 3.05) is 52.9 Å². The molecule has 0 radical (unpaired) electrons. The molecule has 0 bridgehead atoms. The summed E-state index contributed by atoms with van der Waals surface area (Å²) in [7, 11) is 2.09. The van der Waals surface area contributed by atoms with E-state index in [1.165, 1.54) is 5.56 Å². The molecule has 7 heteroatoms. The summed E-state index contributed by atoms with van der Waals surface area (Å²) in [5, 5.41) is 3.04. The van der Waals surface area contributed by atoms with Gasteiger partial charge in [-0.1, -0.05) is 72.8 Å². The molecule has 1 unspecified atom stereocenters. The minimum Gasteiger partial charge on any atom is -0.492 e. The van der Waals surface area contributed by atoms with Crippen LogP contribution < -0.4 is 10.1 Å². The van der Waals surface area contributed by atoms with Crippen molar-refractivity contribution in [1.29, 1.82) is 0 Å². The molecule has 2 fully saturated rings. The van der Waals surface area contributed by atoms with E-state index in [0.29, 0.717) is 13.0 Å². The molecule has 5 rings (SSSR count). The molecule has 0 aromatic heterocycles. The Morgan fingerprint density at radius 2 is 1.62 bits per heavy atom. The monoisotopic (exact) mass is 540 g/mol. The highest BCUT2D eigenvalue weighted by Gasteiger charge is 2.29. The lowest BCUT2D eigenvalue weighted by Crippen LogP contribution is -2.50. The summed E-state index contributed by atoms with van der Waals surface area (Å²) >= 11 is 0. The molecule has 0 spiro atoms. The Balaban J connectivity index is 1.08. The van der Waals surface area contributed by atoms with E-state index in [1.807, 2.05) is 77.7 Å². The number of hydrogen-bond acceptors (Lipinski definition) is 5. The lowest BCUT2D eigenvalue weighted by Gasteiger charge is -2.36. The van der Waals surface area contributed by atoms with Crippen molar-refractivity contribution in [2.24, 2.45) is 0 Å². The zero-order valence-electron chi connectivity index (χ0n) is 23.4. The van der Waals surface area contributed by atoms with Gasteiger partial charge in [-0.05, 0) is 42.3 Å². The van der Waals surface area contributed by atoms with Gasteiger partial charge < -0.3 is 19.9 Å². The molecule has 40 heavy (non-hydrogen) atoms. The molecule has 3 aromatic rings. The first-order chi connectivity index (χ1) is 19.5. The van der Waals surface area contributed by atoms with E-state index >= 15 is 0 Å². The van der Waals surface area contributed by atoms with E-state index in [1.54, 1.807) is 0 Å². The second-order valence-electron chi connectivity index (χ2n) is 10.9. The second-order valence-corrected chi connectivity index (χ2v) is 10.9. The molecule has 2 heterocycles. The van der Waals surface area contributed by atoms with Gasteiger partial charge in [0.1, 0.15) is 12.4 Å². The molecule has 2 aliphatic rings. The summed E-state index contributed by atoms with van der Waals surface area (Å²) in [6.45, 7) is 6.22. The number of nitrogens with zero attached hydrogens (tertiary/aromatic N) is 3. The Morgan fingerprint density at radius 1 is 0.950 bits per heavy atom. The Morgan fingerprint density at radius 3 is 2.25 bits per heavy atom. The van der Waals surface area contributed by atoms with Crippen LogP contribution in [0.4, 0.5) is 0 Å². The predicted octanol–water partition coefficient (Wildman–Crippen LogP) is 3.75. The Hall–Kier alpha value is -3.68. The molecule has 2 amide bonds. The third kappa shape index (κ3) is 7.49. The van der Waals surface area contributed by atoms with Crippen LogP contribution in [0.5, 0.6) is 5.75 Å². The van der Waals surface area contributed by atoms with Crippen LogP contribution in [0.3, 0.4) is 0 Å². The van der Waals surface area contributed by atoms with Gasteiger partial charge in [0, 0.05) is 58.3 Å². The van der Waals surface area contributed by atoms with Crippen molar-refractivity contribution >= 4 is 11.8 Å². The van der Waals surface area contributed by atoms with Gasteiger partial charge >= 0.3 is 0 Å². The van der Waals surface area contributed by atoms with Crippen molar-refractivity contribution in [1.82, 2.24) is 20.0 Å². The van der Waals surface area contributed by atoms with Gasteiger partial charge in [-0.25, -0.2) is 0 Å². The first kappa shape index (κ1) is 27.9. The van der Waals surface area contributed by atoms with Crippen LogP contribution in [-0.2, 0) is 16.1 Å². The predicted molar refractivity (Wildman–Crippen MR) is 157 cm³/mol. The summed E-state index contributed by atoms with van der Waals surface area (Å²) in [6, 6.07) is 28.7. The molecule has 2 aliphatic heterocycles. The van der Waals surface area contributed by atoms with E-state index in [9.17, 15) is 9.59 Å². The van der Waals surface area contributed by atoms with Gasteiger partial charge in [0.05, 0.1) is 5.92 Å². The number of amides is 2. The number of nitrogens with one attached hydrogen (secondary N) is 1. The normalized spacial score (nSPS) is 17.8. The fourth-order valence-corrected chi connectivity index (χ4v) is 5.74. The molecule has 0 aliphatic carbocycles. The fraction of sp³-hybridized carbons (Fsp3) is 0.394. The van der Waals surface area contributed by atoms with Gasteiger partial charge in [-0.2, -0.15) is 0 Å². The first-order valence-electron chi connectivity index (χ1n) is 14.4. The molecular weight excluding hydrogens is 500 g/mol. The van der Waals surface area contributed by atoms with Crippen LogP contribution in [0.15, 0.2) is 84.9 Å².